The number of hydrogen-bond acceptors (Lipinski definition) is 5. The van der Waals surface area contributed by atoms with Crippen LogP contribution in [-0.4, -0.2) is 43.7 Å². The van der Waals surface area contributed by atoms with Gasteiger partial charge in [0.15, 0.2) is 8.66 Å². The molecule has 0 saturated carbocycles. The van der Waals surface area contributed by atoms with E-state index in [9.17, 15) is 22.9 Å². The third-order valence-electron chi connectivity index (χ3n) is 5.25. The Bertz CT molecular complexity index is 1240. The summed E-state index contributed by atoms with van der Waals surface area (Å²) >= 11 is 0. The topological polar surface area (TPSA) is 110 Å². The molecule has 2 N–H and O–H groups in total. The average molecular weight is 553 g/mol. The van der Waals surface area contributed by atoms with Crippen LogP contribution in [0.1, 0.15) is 6.92 Å². The molecule has 0 bridgehead atoms. The lowest BCUT2D eigenvalue weighted by atomic mass is 10.4. The summed E-state index contributed by atoms with van der Waals surface area (Å²) in [5, 5.41) is -5.30. The maximum Gasteiger partial charge on any atom is 0.445 e. The van der Waals surface area contributed by atoms with Gasteiger partial charge in [0.05, 0.1) is 0 Å². The molecular formula is C26H26F2O7S2. The quantitative estimate of drug-likeness (QED) is 0.139. The van der Waals surface area contributed by atoms with Crippen molar-refractivity contribution in [2.45, 2.75) is 26.9 Å². The van der Waals surface area contributed by atoms with Gasteiger partial charge >= 0.3 is 17.2 Å². The smallest absolute Gasteiger partial charge is 0.445 e. The monoisotopic (exact) mass is 552 g/mol. The van der Waals surface area contributed by atoms with Crippen LogP contribution in [0, 0.1) is 0 Å². The molecule has 3 aromatic carbocycles. The van der Waals surface area contributed by atoms with E-state index >= 15 is 8.78 Å². The summed E-state index contributed by atoms with van der Waals surface area (Å²) in [6.07, 6.45) is 0. The molecule has 0 radical (unpaired) electrons. The normalized spacial score (nSPS) is 13.6. The molecular weight excluding hydrogens is 526 g/mol. The fourth-order valence-corrected chi connectivity index (χ4v) is 12.9. The van der Waals surface area contributed by atoms with Crippen LogP contribution in [0.3, 0.4) is 0 Å². The molecule has 0 unspecified atom stereocenters. The average Bonchev–Trinajstić information content (AvgIpc) is 2.88. The number of benzene rings is 3. The van der Waals surface area contributed by atoms with Crippen LogP contribution in [0.15, 0.2) is 118 Å². The van der Waals surface area contributed by atoms with Gasteiger partial charge in [0, 0.05) is 20.3 Å². The Labute approximate surface area is 213 Å². The van der Waals surface area contributed by atoms with E-state index in [2.05, 4.69) is 11.3 Å². The van der Waals surface area contributed by atoms with Crippen molar-refractivity contribution in [3.8, 4) is 0 Å². The maximum absolute atomic E-state index is 15.9. The second-order valence-electron chi connectivity index (χ2n) is 7.86. The third-order valence-corrected chi connectivity index (χ3v) is 15.1. The van der Waals surface area contributed by atoms with E-state index in [1.807, 2.05) is 0 Å². The van der Waals surface area contributed by atoms with E-state index in [1.165, 1.54) is 79.7 Å². The molecule has 7 nitrogen and oxygen atoms in total. The van der Waals surface area contributed by atoms with Crippen molar-refractivity contribution in [2.24, 2.45) is 0 Å². The Kier molecular flexibility index (Phi) is 8.03. The van der Waals surface area contributed by atoms with Gasteiger partial charge < -0.3 is 9.47 Å². The number of carbonyl (C=O) groups is 2. The van der Waals surface area contributed by atoms with Crippen molar-refractivity contribution in [3.05, 3.63) is 103 Å². The summed E-state index contributed by atoms with van der Waals surface area (Å²) in [4.78, 5) is 23.8. The highest BCUT2D eigenvalue weighted by Crippen LogP contribution is 2.82. The zero-order valence-corrected chi connectivity index (χ0v) is 21.4. The molecule has 0 spiro atoms. The second kappa shape index (κ2) is 10.5. The van der Waals surface area contributed by atoms with Gasteiger partial charge in [-0.3, -0.25) is 9.11 Å². The lowest BCUT2D eigenvalue weighted by molar-refractivity contribution is -0.165. The maximum atomic E-state index is 15.9. The van der Waals surface area contributed by atoms with Crippen molar-refractivity contribution in [1.29, 1.82) is 0 Å². The Balaban J connectivity index is 2.21. The molecule has 0 saturated heterocycles. The number of rotatable bonds is 10. The van der Waals surface area contributed by atoms with Crippen LogP contribution >= 0.6 is 9.06 Å². The summed E-state index contributed by atoms with van der Waals surface area (Å²) in [7, 11) is -11.5. The molecule has 0 aliphatic heterocycles. The van der Waals surface area contributed by atoms with Gasteiger partial charge in [-0.15, -0.1) is 0 Å². The lowest BCUT2D eigenvalue weighted by Crippen LogP contribution is -2.57. The molecule has 0 heterocycles. The number of halogens is 2. The molecule has 37 heavy (non-hydrogen) atoms. The number of esters is 2. The first-order valence-corrected chi connectivity index (χ1v) is 14.9. The van der Waals surface area contributed by atoms with E-state index in [4.69, 9.17) is 4.74 Å². The van der Waals surface area contributed by atoms with E-state index in [0.29, 0.717) is 0 Å². The third kappa shape index (κ3) is 4.82. The molecule has 0 atom stereocenters. The summed E-state index contributed by atoms with van der Waals surface area (Å²) < 4.78 is 78.3. The van der Waals surface area contributed by atoms with Crippen LogP contribution in [0.25, 0.3) is 0 Å². The number of hydrogen-bond donors (Lipinski definition) is 2. The second-order valence-corrected chi connectivity index (χ2v) is 15.8. The molecule has 3 rings (SSSR count). The molecule has 0 aliphatic rings. The van der Waals surface area contributed by atoms with Gasteiger partial charge in [-0.05, 0) is 43.3 Å². The number of carbonyl (C=O) groups excluding carboxylic acids is 2. The number of ether oxygens (including phenoxy) is 2. The van der Waals surface area contributed by atoms with Gasteiger partial charge in [-0.25, -0.2) is 13.8 Å². The summed E-state index contributed by atoms with van der Waals surface area (Å²) in [6, 6.07) is 21.6. The Morgan fingerprint density at radius 1 is 0.811 bits per heavy atom. The molecule has 0 aromatic heterocycles. The fraction of sp³-hybridized carbons (Fsp3) is 0.154. The Hall–Kier alpha value is -3.38. The predicted molar refractivity (Wildman–Crippen MR) is 137 cm³/mol. The Morgan fingerprint density at radius 2 is 1.16 bits per heavy atom. The molecule has 0 fully saturated rings. The zero-order valence-electron chi connectivity index (χ0n) is 19.8. The van der Waals surface area contributed by atoms with Crippen molar-refractivity contribution in [3.63, 3.8) is 0 Å². The van der Waals surface area contributed by atoms with Crippen LogP contribution in [-0.2, 0) is 27.7 Å². The van der Waals surface area contributed by atoms with Gasteiger partial charge in [0.2, 0.25) is 0 Å². The highest BCUT2D eigenvalue weighted by Gasteiger charge is 2.73. The molecule has 3 aromatic rings. The highest BCUT2D eigenvalue weighted by atomic mass is 33.2. The molecule has 0 aliphatic carbocycles. The molecule has 0 amide bonds. The van der Waals surface area contributed by atoms with Gasteiger partial charge in [-0.1, -0.05) is 70.2 Å². The lowest BCUT2D eigenvalue weighted by Gasteiger charge is -2.55. The minimum atomic E-state index is -7.37. The zero-order chi connectivity index (χ0) is 27.3. The van der Waals surface area contributed by atoms with Crippen molar-refractivity contribution in [2.75, 3.05) is 13.2 Å². The SMILES string of the molecule is C=C(C)C(=O)OCCOC(=O)C(F)(F)S(=O)(O)(O)S(c1ccccc1)(c1ccccc1)c1ccccc1. The van der Waals surface area contributed by atoms with Crippen LogP contribution in [0.2, 0.25) is 0 Å². The largest absolute Gasteiger partial charge is 0.459 e. The first-order valence-electron chi connectivity index (χ1n) is 10.9. The van der Waals surface area contributed by atoms with Gasteiger partial charge in [-0.2, -0.15) is 8.78 Å². The number of alkyl halides is 2. The highest BCUT2D eigenvalue weighted by molar-refractivity contribution is 8.98. The van der Waals surface area contributed by atoms with Crippen LogP contribution < -0.4 is 0 Å². The van der Waals surface area contributed by atoms with Crippen molar-refractivity contribution >= 4 is 29.7 Å². The standard InChI is InChI=1S/C26H26F2O7S2/c1-20(2)24(29)34-18-19-35-25(30)26(27,28)37(31,32,33)36(21-12-6-3-7-13-21,22-14-8-4-9-15-22)23-16-10-5-11-17-23/h3-17H,1,18-19H2,2H3,(H2,31,32,33). The molecule has 11 heteroatoms. The minimum Gasteiger partial charge on any atom is -0.459 e. The summed E-state index contributed by atoms with van der Waals surface area (Å²) in [5.41, 5.74) is 0.0349. The summed E-state index contributed by atoms with van der Waals surface area (Å²) in [6.45, 7) is 3.27. The predicted octanol–water partition coefficient (Wildman–Crippen LogP) is 5.90. The first kappa shape index (κ1) is 28.2. The first-order chi connectivity index (χ1) is 17.4. The van der Waals surface area contributed by atoms with Gasteiger partial charge in [0.25, 0.3) is 0 Å². The molecule has 198 valence electrons. The van der Waals surface area contributed by atoms with Gasteiger partial charge in [0.1, 0.15) is 13.2 Å². The summed E-state index contributed by atoms with van der Waals surface area (Å²) in [5.74, 6) is -3.28. The Morgan fingerprint density at radius 3 is 1.51 bits per heavy atom. The van der Waals surface area contributed by atoms with E-state index in [-0.39, 0.29) is 20.3 Å². The van der Waals surface area contributed by atoms with Crippen LogP contribution in [0.4, 0.5) is 8.78 Å². The van der Waals surface area contributed by atoms with E-state index in [1.54, 1.807) is 18.2 Å². The van der Waals surface area contributed by atoms with E-state index in [0.717, 1.165) is 0 Å². The fourth-order valence-electron chi connectivity index (χ4n) is 3.54. The van der Waals surface area contributed by atoms with Crippen molar-refractivity contribution in [1.82, 2.24) is 0 Å². The van der Waals surface area contributed by atoms with Crippen LogP contribution in [0.5, 0.6) is 0 Å². The minimum absolute atomic E-state index is 0.0349. The van der Waals surface area contributed by atoms with Crippen molar-refractivity contribution < 1.29 is 41.2 Å². The van der Waals surface area contributed by atoms with E-state index < -0.39 is 48.1 Å².